The van der Waals surface area contributed by atoms with E-state index in [-0.39, 0.29) is 5.56 Å². The quantitative estimate of drug-likeness (QED) is 0.799. The highest BCUT2D eigenvalue weighted by atomic mass is 32.1. The first-order chi connectivity index (χ1) is 7.57. The molecule has 86 valence electrons. The Morgan fingerprint density at radius 2 is 2.12 bits per heavy atom. The molecule has 1 N–H and O–H groups in total. The van der Waals surface area contributed by atoms with Crippen molar-refractivity contribution in [2.45, 2.75) is 6.42 Å². The van der Waals surface area contributed by atoms with E-state index < -0.39 is 23.2 Å². The van der Waals surface area contributed by atoms with Gasteiger partial charge in [-0.1, -0.05) is 12.2 Å². The lowest BCUT2D eigenvalue weighted by molar-refractivity contribution is 0.0686. The van der Waals surface area contributed by atoms with E-state index in [4.69, 9.17) is 5.11 Å². The lowest BCUT2D eigenvalue weighted by Gasteiger charge is -2.02. The van der Waals surface area contributed by atoms with Gasteiger partial charge >= 0.3 is 5.97 Å². The van der Waals surface area contributed by atoms with Crippen LogP contribution in [0.5, 0.6) is 0 Å². The van der Waals surface area contributed by atoms with Crippen molar-refractivity contribution in [3.05, 3.63) is 41.0 Å². The maximum absolute atomic E-state index is 13.5. The smallest absolute Gasteiger partial charge is 0.341 e. The third-order valence-electron chi connectivity index (χ3n) is 1.93. The van der Waals surface area contributed by atoms with Crippen molar-refractivity contribution < 1.29 is 18.7 Å². The number of rotatable bonds is 4. The predicted molar refractivity (Wildman–Crippen MR) is 60.8 cm³/mol. The highest BCUT2D eigenvalue weighted by molar-refractivity contribution is 7.80. The molecule has 0 saturated heterocycles. The highest BCUT2D eigenvalue weighted by Gasteiger charge is 2.18. The van der Waals surface area contributed by atoms with Gasteiger partial charge in [-0.15, -0.1) is 0 Å². The molecule has 16 heavy (non-hydrogen) atoms. The van der Waals surface area contributed by atoms with Crippen molar-refractivity contribution >= 4 is 24.7 Å². The largest absolute Gasteiger partial charge is 0.477 e. The fourth-order valence-electron chi connectivity index (χ4n) is 1.18. The number of carbonyl (C=O) groups is 1. The molecule has 0 unspecified atom stereocenters. The van der Waals surface area contributed by atoms with Gasteiger partial charge in [-0.25, -0.2) is 13.6 Å². The summed E-state index contributed by atoms with van der Waals surface area (Å²) in [5.41, 5.74) is -0.867. The predicted octanol–water partition coefficient (Wildman–Crippen LogP) is 3.00. The van der Waals surface area contributed by atoms with Crippen LogP contribution in [0, 0.1) is 11.6 Å². The molecule has 0 bridgehead atoms. The third kappa shape index (κ3) is 2.82. The monoisotopic (exact) mass is 244 g/mol. The van der Waals surface area contributed by atoms with Gasteiger partial charge in [0.1, 0.15) is 17.2 Å². The molecule has 2 nitrogen and oxygen atoms in total. The molecular formula is C11H10F2O2S. The Morgan fingerprint density at radius 1 is 1.44 bits per heavy atom. The van der Waals surface area contributed by atoms with E-state index >= 15 is 0 Å². The molecule has 0 aromatic heterocycles. The zero-order valence-corrected chi connectivity index (χ0v) is 9.18. The van der Waals surface area contributed by atoms with Crippen molar-refractivity contribution in [3.8, 4) is 0 Å². The summed E-state index contributed by atoms with van der Waals surface area (Å²) >= 11 is 3.96. The summed E-state index contributed by atoms with van der Waals surface area (Å²) < 4.78 is 26.5. The van der Waals surface area contributed by atoms with Crippen LogP contribution in [-0.2, 0) is 0 Å². The van der Waals surface area contributed by atoms with E-state index in [2.05, 4.69) is 12.6 Å². The van der Waals surface area contributed by atoms with E-state index in [1.54, 1.807) is 6.08 Å². The summed E-state index contributed by atoms with van der Waals surface area (Å²) in [5.74, 6) is -3.14. The lowest BCUT2D eigenvalue weighted by atomic mass is 10.1. The number of aromatic carboxylic acids is 1. The molecule has 5 heteroatoms. The molecular weight excluding hydrogens is 234 g/mol. The van der Waals surface area contributed by atoms with E-state index in [1.807, 2.05) is 0 Å². The molecule has 0 heterocycles. The average molecular weight is 244 g/mol. The number of allylic oxidation sites excluding steroid dienone is 1. The topological polar surface area (TPSA) is 37.3 Å². The molecule has 0 saturated carbocycles. The second kappa shape index (κ2) is 5.65. The first-order valence-electron chi connectivity index (χ1n) is 4.56. The Labute approximate surface area is 97.0 Å². The summed E-state index contributed by atoms with van der Waals surface area (Å²) in [6.07, 6.45) is 3.69. The summed E-state index contributed by atoms with van der Waals surface area (Å²) in [4.78, 5) is 10.6. The fraction of sp³-hybridized carbons (Fsp3) is 0.182. The molecule has 0 atom stereocenters. The molecule has 0 radical (unpaired) electrons. The standard InChI is InChI=1S/C11H10F2O2S/c12-8-5-4-7(3-1-2-6-16)10(13)9(8)11(14)15/h1,3-5,16H,2,6H2,(H,14,15). The Morgan fingerprint density at radius 3 is 2.69 bits per heavy atom. The van der Waals surface area contributed by atoms with Crippen LogP contribution in [-0.4, -0.2) is 16.8 Å². The first-order valence-corrected chi connectivity index (χ1v) is 5.20. The van der Waals surface area contributed by atoms with Crippen molar-refractivity contribution in [1.82, 2.24) is 0 Å². The number of hydrogen-bond donors (Lipinski definition) is 2. The van der Waals surface area contributed by atoms with E-state index in [0.29, 0.717) is 12.2 Å². The van der Waals surface area contributed by atoms with Crippen LogP contribution in [0.15, 0.2) is 18.2 Å². The van der Waals surface area contributed by atoms with E-state index in [0.717, 1.165) is 6.07 Å². The molecule has 1 aromatic carbocycles. The maximum Gasteiger partial charge on any atom is 0.341 e. The van der Waals surface area contributed by atoms with Crippen LogP contribution in [0.2, 0.25) is 0 Å². The van der Waals surface area contributed by atoms with Gasteiger partial charge in [0.15, 0.2) is 0 Å². The van der Waals surface area contributed by atoms with Gasteiger partial charge in [-0.2, -0.15) is 12.6 Å². The van der Waals surface area contributed by atoms with Crippen LogP contribution >= 0.6 is 12.6 Å². The van der Waals surface area contributed by atoms with E-state index in [9.17, 15) is 13.6 Å². The van der Waals surface area contributed by atoms with Gasteiger partial charge in [0.25, 0.3) is 0 Å². The SMILES string of the molecule is O=C(O)c1c(F)ccc(C=CCCS)c1F. The Kier molecular flexibility index (Phi) is 4.49. The molecule has 1 rings (SSSR count). The van der Waals surface area contributed by atoms with Crippen LogP contribution < -0.4 is 0 Å². The second-order valence-electron chi connectivity index (χ2n) is 3.05. The maximum atomic E-state index is 13.5. The molecule has 0 aliphatic carbocycles. The zero-order valence-electron chi connectivity index (χ0n) is 8.28. The van der Waals surface area contributed by atoms with Crippen molar-refractivity contribution in [1.29, 1.82) is 0 Å². The number of hydrogen-bond acceptors (Lipinski definition) is 2. The number of benzene rings is 1. The van der Waals surface area contributed by atoms with Crippen molar-refractivity contribution in [2.24, 2.45) is 0 Å². The van der Waals surface area contributed by atoms with Gasteiger partial charge in [-0.05, 0) is 24.3 Å². The Hall–Kier alpha value is -1.36. The molecule has 0 amide bonds. The number of carboxylic acid groups (broad SMARTS) is 1. The van der Waals surface area contributed by atoms with Gasteiger partial charge in [0, 0.05) is 5.56 Å². The second-order valence-corrected chi connectivity index (χ2v) is 3.49. The normalized spacial score (nSPS) is 10.9. The molecule has 0 aliphatic heterocycles. The lowest BCUT2D eigenvalue weighted by Crippen LogP contribution is -2.05. The van der Waals surface area contributed by atoms with Crippen LogP contribution in [0.3, 0.4) is 0 Å². The summed E-state index contributed by atoms with van der Waals surface area (Å²) in [5, 5.41) is 8.63. The van der Waals surface area contributed by atoms with Gasteiger partial charge in [0.2, 0.25) is 0 Å². The Bertz CT molecular complexity index is 430. The molecule has 0 spiro atoms. The van der Waals surface area contributed by atoms with Crippen molar-refractivity contribution in [2.75, 3.05) is 5.75 Å². The zero-order chi connectivity index (χ0) is 12.1. The molecule has 1 aromatic rings. The van der Waals surface area contributed by atoms with Crippen LogP contribution in [0.4, 0.5) is 8.78 Å². The molecule has 0 aliphatic rings. The average Bonchev–Trinajstić information content (AvgIpc) is 2.21. The molecule has 0 fully saturated rings. The van der Waals surface area contributed by atoms with E-state index in [1.165, 1.54) is 12.1 Å². The third-order valence-corrected chi connectivity index (χ3v) is 2.19. The summed E-state index contributed by atoms with van der Waals surface area (Å²) in [7, 11) is 0. The number of thiol groups is 1. The summed E-state index contributed by atoms with van der Waals surface area (Å²) in [6.45, 7) is 0. The highest BCUT2D eigenvalue weighted by Crippen LogP contribution is 2.18. The minimum atomic E-state index is -1.61. The minimum Gasteiger partial charge on any atom is -0.477 e. The number of halogens is 2. The first kappa shape index (κ1) is 12.7. The van der Waals surface area contributed by atoms with Gasteiger partial charge < -0.3 is 5.11 Å². The van der Waals surface area contributed by atoms with Crippen molar-refractivity contribution in [3.63, 3.8) is 0 Å². The fourth-order valence-corrected chi connectivity index (χ4v) is 1.33. The van der Waals surface area contributed by atoms with Crippen LogP contribution in [0.1, 0.15) is 22.3 Å². The number of carboxylic acids is 1. The van der Waals surface area contributed by atoms with Crippen LogP contribution in [0.25, 0.3) is 6.08 Å². The van der Waals surface area contributed by atoms with Gasteiger partial charge in [-0.3, -0.25) is 0 Å². The summed E-state index contributed by atoms with van der Waals surface area (Å²) in [6, 6.07) is 2.14. The van der Waals surface area contributed by atoms with Gasteiger partial charge in [0.05, 0.1) is 0 Å². The minimum absolute atomic E-state index is 0.0561. The Balaban J connectivity index is 3.13.